The highest BCUT2D eigenvalue weighted by atomic mass is 16.7. The molecule has 0 fully saturated rings. The monoisotopic (exact) mass is 378 g/mol. The van der Waals surface area contributed by atoms with Crippen molar-refractivity contribution in [2.75, 3.05) is 13.2 Å². The zero-order chi connectivity index (χ0) is 20.4. The van der Waals surface area contributed by atoms with Gasteiger partial charge in [-0.3, -0.25) is 0 Å². The van der Waals surface area contributed by atoms with E-state index in [2.05, 4.69) is 64.1 Å². The van der Waals surface area contributed by atoms with Crippen LogP contribution in [-0.4, -0.2) is 19.4 Å². The second-order valence-corrected chi connectivity index (χ2v) is 7.02. The zero-order valence-electron chi connectivity index (χ0n) is 17.3. The number of rotatable bonds is 8. The van der Waals surface area contributed by atoms with E-state index in [1.165, 1.54) is 22.3 Å². The minimum atomic E-state index is -0.612. The first-order chi connectivity index (χ1) is 13.5. The molecular weight excluding hydrogens is 348 g/mol. The molecule has 0 bridgehead atoms. The van der Waals surface area contributed by atoms with Crippen molar-refractivity contribution in [3.8, 4) is 0 Å². The molecule has 3 heteroatoms. The number of benzene rings is 2. The fourth-order valence-corrected chi connectivity index (χ4v) is 2.64. The van der Waals surface area contributed by atoms with Crippen LogP contribution >= 0.6 is 0 Å². The minimum Gasteiger partial charge on any atom is -0.434 e. The third-order valence-electron chi connectivity index (χ3n) is 4.69. The van der Waals surface area contributed by atoms with Gasteiger partial charge < -0.3 is 9.47 Å². The van der Waals surface area contributed by atoms with E-state index < -0.39 is 6.16 Å². The maximum atomic E-state index is 11.6. The second-order valence-electron chi connectivity index (χ2n) is 7.02. The number of hydrogen-bond acceptors (Lipinski definition) is 3. The topological polar surface area (TPSA) is 35.5 Å². The van der Waals surface area contributed by atoms with Gasteiger partial charge in [0, 0.05) is 12.8 Å². The SMILES string of the molecule is Cc1ccc(/C=C/CCOC(=O)OCC/C=C/c2ccc(C)c(C)c2)cc1C. The highest BCUT2D eigenvalue weighted by molar-refractivity contribution is 5.60. The van der Waals surface area contributed by atoms with Gasteiger partial charge in [-0.1, -0.05) is 60.7 Å². The molecule has 0 atom stereocenters. The lowest BCUT2D eigenvalue weighted by Crippen LogP contribution is -2.08. The van der Waals surface area contributed by atoms with Crippen LogP contribution in [0.2, 0.25) is 0 Å². The average Bonchev–Trinajstić information content (AvgIpc) is 2.67. The third kappa shape index (κ3) is 7.43. The predicted octanol–water partition coefficient (Wildman–Crippen LogP) is 6.58. The summed E-state index contributed by atoms with van der Waals surface area (Å²) < 4.78 is 10.2. The molecule has 0 aromatic heterocycles. The van der Waals surface area contributed by atoms with E-state index in [0.29, 0.717) is 26.1 Å². The predicted molar refractivity (Wildman–Crippen MR) is 116 cm³/mol. The molecule has 2 rings (SSSR count). The van der Waals surface area contributed by atoms with E-state index in [1.807, 2.05) is 24.3 Å². The minimum absolute atomic E-state index is 0.318. The standard InChI is InChI=1S/C25H30O3/c1-19-11-13-23(17-21(19)3)9-5-7-15-27-25(26)28-16-8-6-10-24-14-12-20(2)22(4)18-24/h5-6,9-14,17-18H,7-8,15-16H2,1-4H3/b9-5+,10-6+. The van der Waals surface area contributed by atoms with Gasteiger partial charge >= 0.3 is 6.16 Å². The van der Waals surface area contributed by atoms with E-state index >= 15 is 0 Å². The normalized spacial score (nSPS) is 11.3. The first-order valence-electron chi connectivity index (χ1n) is 9.73. The van der Waals surface area contributed by atoms with Gasteiger partial charge in [0.2, 0.25) is 0 Å². The molecule has 2 aromatic carbocycles. The summed E-state index contributed by atoms with van der Waals surface area (Å²) in [6.07, 6.45) is 8.80. The van der Waals surface area contributed by atoms with Gasteiger partial charge in [0.15, 0.2) is 0 Å². The molecule has 0 aliphatic rings. The molecule has 0 saturated carbocycles. The zero-order valence-corrected chi connectivity index (χ0v) is 17.3. The Labute approximate surface area is 168 Å². The number of aryl methyl sites for hydroxylation is 4. The maximum absolute atomic E-state index is 11.6. The van der Waals surface area contributed by atoms with Crippen molar-refractivity contribution in [2.24, 2.45) is 0 Å². The summed E-state index contributed by atoms with van der Waals surface area (Å²) in [5.41, 5.74) is 7.42. The molecule has 28 heavy (non-hydrogen) atoms. The smallest absolute Gasteiger partial charge is 0.434 e. The number of ether oxygens (including phenoxy) is 2. The van der Waals surface area contributed by atoms with Crippen LogP contribution in [0.25, 0.3) is 12.2 Å². The van der Waals surface area contributed by atoms with Crippen molar-refractivity contribution in [1.29, 1.82) is 0 Å². The van der Waals surface area contributed by atoms with Crippen LogP contribution in [0.4, 0.5) is 4.79 Å². The molecule has 3 nitrogen and oxygen atoms in total. The average molecular weight is 379 g/mol. The molecule has 148 valence electrons. The molecule has 0 amide bonds. The Morgan fingerprint density at radius 3 is 1.54 bits per heavy atom. The summed E-state index contributed by atoms with van der Waals surface area (Å²) in [5.74, 6) is 0. The quantitative estimate of drug-likeness (QED) is 0.384. The fourth-order valence-electron chi connectivity index (χ4n) is 2.64. The van der Waals surface area contributed by atoms with Crippen LogP contribution < -0.4 is 0 Å². The van der Waals surface area contributed by atoms with Gasteiger partial charge in [0.05, 0.1) is 13.2 Å². The Kier molecular flexibility index (Phi) is 8.54. The van der Waals surface area contributed by atoms with Gasteiger partial charge in [0.25, 0.3) is 0 Å². The summed E-state index contributed by atoms with van der Waals surface area (Å²) in [5, 5.41) is 0. The summed E-state index contributed by atoms with van der Waals surface area (Å²) in [4.78, 5) is 11.6. The molecule has 0 heterocycles. The molecule has 0 unspecified atom stereocenters. The van der Waals surface area contributed by atoms with Gasteiger partial charge in [0.1, 0.15) is 0 Å². The first kappa shape index (κ1) is 21.5. The largest absolute Gasteiger partial charge is 0.508 e. The Morgan fingerprint density at radius 2 is 1.14 bits per heavy atom. The Bertz CT molecular complexity index is 777. The Hall–Kier alpha value is -2.81. The van der Waals surface area contributed by atoms with Gasteiger partial charge in [-0.2, -0.15) is 0 Å². The van der Waals surface area contributed by atoms with Crippen molar-refractivity contribution >= 4 is 18.3 Å². The lowest BCUT2D eigenvalue weighted by molar-refractivity contribution is 0.0578. The lowest BCUT2D eigenvalue weighted by atomic mass is 10.1. The van der Waals surface area contributed by atoms with Crippen LogP contribution in [-0.2, 0) is 9.47 Å². The van der Waals surface area contributed by atoms with Crippen molar-refractivity contribution < 1.29 is 14.3 Å². The third-order valence-corrected chi connectivity index (χ3v) is 4.69. The van der Waals surface area contributed by atoms with E-state index in [0.717, 1.165) is 11.1 Å². The van der Waals surface area contributed by atoms with Crippen LogP contribution in [0.1, 0.15) is 46.2 Å². The van der Waals surface area contributed by atoms with Gasteiger partial charge in [-0.25, -0.2) is 4.79 Å². The molecule has 0 spiro atoms. The summed E-state index contributed by atoms with van der Waals surface area (Å²) in [6, 6.07) is 12.7. The van der Waals surface area contributed by atoms with E-state index in [4.69, 9.17) is 9.47 Å². The first-order valence-corrected chi connectivity index (χ1v) is 9.73. The number of hydrogen-bond donors (Lipinski definition) is 0. The van der Waals surface area contributed by atoms with Gasteiger partial charge in [-0.05, 0) is 61.1 Å². The Morgan fingerprint density at radius 1 is 0.714 bits per heavy atom. The molecular formula is C25H30O3. The highest BCUT2D eigenvalue weighted by Crippen LogP contribution is 2.12. The lowest BCUT2D eigenvalue weighted by Gasteiger charge is -2.04. The van der Waals surface area contributed by atoms with Crippen molar-refractivity contribution in [3.63, 3.8) is 0 Å². The van der Waals surface area contributed by atoms with Crippen molar-refractivity contribution in [1.82, 2.24) is 0 Å². The number of carbonyl (C=O) groups excluding carboxylic acids is 1. The van der Waals surface area contributed by atoms with Crippen LogP contribution in [0.3, 0.4) is 0 Å². The van der Waals surface area contributed by atoms with Crippen LogP contribution in [0, 0.1) is 27.7 Å². The molecule has 0 radical (unpaired) electrons. The molecule has 0 aliphatic carbocycles. The molecule has 0 saturated heterocycles. The summed E-state index contributed by atoms with van der Waals surface area (Å²) in [6.45, 7) is 9.03. The van der Waals surface area contributed by atoms with Crippen LogP contribution in [0.15, 0.2) is 48.6 Å². The summed E-state index contributed by atoms with van der Waals surface area (Å²) >= 11 is 0. The molecule has 2 aromatic rings. The Balaban J connectivity index is 1.59. The number of carbonyl (C=O) groups is 1. The second kappa shape index (κ2) is 11.1. The fraction of sp³-hybridized carbons (Fsp3) is 0.320. The van der Waals surface area contributed by atoms with Crippen molar-refractivity contribution in [2.45, 2.75) is 40.5 Å². The molecule has 0 aliphatic heterocycles. The van der Waals surface area contributed by atoms with E-state index in [9.17, 15) is 4.79 Å². The molecule has 0 N–H and O–H groups in total. The van der Waals surface area contributed by atoms with E-state index in [1.54, 1.807) is 0 Å². The highest BCUT2D eigenvalue weighted by Gasteiger charge is 2.01. The van der Waals surface area contributed by atoms with Crippen molar-refractivity contribution in [3.05, 3.63) is 81.9 Å². The van der Waals surface area contributed by atoms with E-state index in [-0.39, 0.29) is 0 Å². The summed E-state index contributed by atoms with van der Waals surface area (Å²) in [7, 11) is 0. The maximum Gasteiger partial charge on any atom is 0.508 e. The van der Waals surface area contributed by atoms with Gasteiger partial charge in [-0.15, -0.1) is 0 Å². The van der Waals surface area contributed by atoms with Crippen LogP contribution in [0.5, 0.6) is 0 Å².